The normalized spacial score (nSPS) is 18.8. The molecule has 26 heteroatoms. The first-order valence-corrected chi connectivity index (χ1v) is 41.7. The summed E-state index contributed by atoms with van der Waals surface area (Å²) in [6.07, 6.45) is 24.7. The van der Waals surface area contributed by atoms with E-state index in [4.69, 9.17) is 15.2 Å². The molecule has 0 radical (unpaired) electrons. The van der Waals surface area contributed by atoms with Crippen molar-refractivity contribution in [1.82, 2.24) is 39.0 Å². The number of nitrogens with one attached hydrogen (secondary N) is 4. The highest BCUT2D eigenvalue weighted by atomic mass is 32.2. The van der Waals surface area contributed by atoms with Crippen molar-refractivity contribution in [3.8, 4) is 34.0 Å². The fourth-order valence-corrected chi connectivity index (χ4v) is 17.9. The Morgan fingerprint density at radius 2 is 0.843 bits per heavy atom. The van der Waals surface area contributed by atoms with Gasteiger partial charge in [0.2, 0.25) is 31.9 Å². The number of sulfonamides is 2. The van der Waals surface area contributed by atoms with Crippen molar-refractivity contribution in [1.29, 1.82) is 0 Å². The van der Waals surface area contributed by atoms with Crippen molar-refractivity contribution in [2.75, 3.05) is 107 Å². The molecule has 2 aliphatic carbocycles. The number of ether oxygens (including phenoxy) is 2. The van der Waals surface area contributed by atoms with Crippen LogP contribution in [0.1, 0.15) is 145 Å². The number of nitrogen functional groups attached to an aromatic ring is 1. The molecule has 4 amide bonds. The minimum atomic E-state index is -3.31. The SMILES string of the molecule is CS(=O)(=O)N1CCN(c2ccc(N)cc2COc2ccc(-c3c(C4CCCCC4)c4ccc5cc4n3CC(=O)NCC/C=C\CCNC5=O)cc2)CC1.CS(=O)(=O)N1CCN(c2ccc([N+](=O)[O-])cc2COc2ccc(-c3c(C4CCCCC4)c4ccc5cc4n3CC(=O)NCC/C=C\CCNC5=O)cc2)CC1. The number of piperazine rings is 2. The van der Waals surface area contributed by atoms with E-state index in [0.717, 1.165) is 125 Å². The van der Waals surface area contributed by atoms with E-state index in [1.54, 1.807) is 6.07 Å². The van der Waals surface area contributed by atoms with Gasteiger partial charge >= 0.3 is 0 Å². The Labute approximate surface area is 631 Å². The lowest BCUT2D eigenvalue weighted by molar-refractivity contribution is -0.384. The highest BCUT2D eigenvalue weighted by Gasteiger charge is 2.33. The standard InChI is InChI=1S/C41H48N6O7S.C41H50N6O5S/c1-55(52,53)45-23-21-44(22-24-45)36-18-14-33(47(50)51)25-32(36)28-54-34-15-11-30(12-16-34)40-39(29-9-5-4-6-10-29)35-17-13-31-26-37(35)46(40)27-38(48)42-19-7-2-3-8-20-43-41(31)49;1-53(50,51)46-23-21-45(22-24-46)36-18-14-33(42)25-32(36)28-52-34-15-11-30(12-16-34)40-39(29-9-5-4-6-10-29)35-17-13-31-26-37(35)47(40)27-38(48)43-19-7-2-3-8-20-44-41(31)49/h2-3,11-18,25-26,29H,4-10,19-24,27-28H2,1H3,(H,42,48)(H,43,49);2-3,11-18,25-26,29H,4-10,19-24,27-28,42H2,1H3,(H,43,48)(H,44,49)/b2*3-2-. The minimum Gasteiger partial charge on any atom is -0.489 e. The van der Waals surface area contributed by atoms with E-state index in [1.165, 1.54) is 57.2 Å². The number of nitrogens with zero attached hydrogens (tertiary/aromatic N) is 7. The molecule has 2 saturated carbocycles. The van der Waals surface area contributed by atoms with Gasteiger partial charge in [0.05, 0.1) is 39.9 Å². The molecule has 6 aliphatic rings. The molecule has 6 aromatic carbocycles. The Morgan fingerprint density at radius 3 is 1.24 bits per heavy atom. The van der Waals surface area contributed by atoms with Crippen molar-refractivity contribution < 1.29 is 50.4 Å². The molecule has 2 saturated heterocycles. The number of hydrogen-bond acceptors (Lipinski definition) is 15. The molecule has 8 aromatic rings. The number of nitro benzene ring substituents is 1. The first kappa shape index (κ1) is 76.2. The molecule has 4 aliphatic heterocycles. The van der Waals surface area contributed by atoms with E-state index in [-0.39, 0.29) is 49.0 Å². The fourth-order valence-electron chi connectivity index (χ4n) is 16.2. The van der Waals surface area contributed by atoms with Gasteiger partial charge in [-0.2, -0.15) is 8.61 Å². The Hall–Kier alpha value is -10.0. The van der Waals surface area contributed by atoms with E-state index in [9.17, 15) is 46.1 Å². The second kappa shape index (κ2) is 34.5. The van der Waals surface area contributed by atoms with Crippen molar-refractivity contribution >= 4 is 88.2 Å². The van der Waals surface area contributed by atoms with Gasteiger partial charge in [0.15, 0.2) is 0 Å². The average Bonchev–Trinajstić information content (AvgIpc) is 1.60. The number of aromatic nitrogens is 2. The zero-order valence-electron chi connectivity index (χ0n) is 61.6. The highest BCUT2D eigenvalue weighted by Crippen LogP contribution is 2.47. The van der Waals surface area contributed by atoms with E-state index < -0.39 is 25.0 Å². The molecule has 108 heavy (non-hydrogen) atoms. The first-order chi connectivity index (χ1) is 52.2. The van der Waals surface area contributed by atoms with Crippen LogP contribution >= 0.6 is 0 Å². The summed E-state index contributed by atoms with van der Waals surface area (Å²) in [7, 11) is -6.55. The van der Waals surface area contributed by atoms with Gasteiger partial charge in [-0.3, -0.25) is 29.3 Å². The Kier molecular flexibility index (Phi) is 24.3. The van der Waals surface area contributed by atoms with Crippen molar-refractivity contribution in [3.63, 3.8) is 0 Å². The summed E-state index contributed by atoms with van der Waals surface area (Å²) in [5.74, 6) is 1.49. The Balaban J connectivity index is 0.000000191. The van der Waals surface area contributed by atoms with Gasteiger partial charge in [-0.05, 0) is 183 Å². The lowest BCUT2D eigenvalue weighted by Crippen LogP contribution is -2.48. The number of carbonyl (C=O) groups excluding carboxylic acids is 4. The van der Waals surface area contributed by atoms with E-state index in [1.807, 2.05) is 114 Å². The minimum absolute atomic E-state index is 0.0515. The maximum atomic E-state index is 13.5. The summed E-state index contributed by atoms with van der Waals surface area (Å²) in [5, 5.41) is 26.1. The monoisotopic (exact) mass is 1510 g/mol. The molecule has 6 N–H and O–H groups in total. The number of nitro groups is 1. The van der Waals surface area contributed by atoms with Gasteiger partial charge in [0.1, 0.15) is 37.8 Å². The van der Waals surface area contributed by atoms with Crippen LogP contribution in [0, 0.1) is 10.1 Å². The van der Waals surface area contributed by atoms with Crippen LogP contribution in [0.25, 0.3) is 44.3 Å². The van der Waals surface area contributed by atoms with Crippen LogP contribution in [-0.2, 0) is 55.9 Å². The molecular formula is C82H98N12O12S2. The maximum Gasteiger partial charge on any atom is 0.269 e. The van der Waals surface area contributed by atoms with Crippen LogP contribution in [-0.4, -0.2) is 154 Å². The van der Waals surface area contributed by atoms with Crippen molar-refractivity contribution in [2.45, 2.75) is 128 Å². The predicted octanol–water partition coefficient (Wildman–Crippen LogP) is 11.9. The molecule has 0 unspecified atom stereocenters. The topological polar surface area (TPSA) is 295 Å². The van der Waals surface area contributed by atoms with Gasteiger partial charge < -0.3 is 55.4 Å². The third-order valence-electron chi connectivity index (χ3n) is 21.7. The molecule has 2 aromatic heterocycles. The number of carbonyl (C=O) groups is 4. The smallest absolute Gasteiger partial charge is 0.269 e. The van der Waals surface area contributed by atoms with E-state index >= 15 is 0 Å². The molecule has 0 atom stereocenters. The second-order valence-corrected chi connectivity index (χ2v) is 33.0. The van der Waals surface area contributed by atoms with Gasteiger partial charge in [-0.1, -0.05) is 75.0 Å². The molecule has 4 fully saturated rings. The molecule has 24 nitrogen and oxygen atoms in total. The number of anilines is 3. The average molecular weight is 1510 g/mol. The molecule has 570 valence electrons. The fraction of sp³-hybridized carbons (Fsp3) is 0.415. The summed E-state index contributed by atoms with van der Waals surface area (Å²) in [4.78, 5) is 69.0. The zero-order valence-corrected chi connectivity index (χ0v) is 63.3. The quantitative estimate of drug-likeness (QED) is 0.0276. The van der Waals surface area contributed by atoms with Crippen molar-refractivity contribution in [2.24, 2.45) is 0 Å². The lowest BCUT2D eigenvalue weighted by Gasteiger charge is -2.35. The number of non-ortho nitro benzene ring substituents is 1. The number of hydrogen-bond donors (Lipinski definition) is 5. The number of rotatable bonds is 15. The first-order valence-electron chi connectivity index (χ1n) is 38.0. The molecule has 14 rings (SSSR count). The van der Waals surface area contributed by atoms with Crippen molar-refractivity contribution in [3.05, 3.63) is 189 Å². The van der Waals surface area contributed by atoms with Gasteiger partial charge in [-0.15, -0.1) is 0 Å². The number of fused-ring (bicyclic) bond motifs is 2. The maximum absolute atomic E-state index is 13.5. The molecular weight excluding hydrogens is 1410 g/mol. The van der Waals surface area contributed by atoms with Gasteiger partial charge in [0.25, 0.3) is 17.5 Å². The zero-order chi connectivity index (χ0) is 75.5. The van der Waals surface area contributed by atoms with Crippen LogP contribution < -0.4 is 46.3 Å². The summed E-state index contributed by atoms with van der Waals surface area (Å²) >= 11 is 0. The van der Waals surface area contributed by atoms with Crippen LogP contribution in [0.15, 0.2) is 146 Å². The van der Waals surface area contributed by atoms with Crippen LogP contribution in [0.3, 0.4) is 0 Å². The largest absolute Gasteiger partial charge is 0.489 e. The summed E-state index contributed by atoms with van der Waals surface area (Å²) in [6.45, 7) is 6.31. The second-order valence-electron chi connectivity index (χ2n) is 29.0. The van der Waals surface area contributed by atoms with Gasteiger partial charge in [-0.25, -0.2) is 16.8 Å². The Morgan fingerprint density at radius 1 is 0.463 bits per heavy atom. The third-order valence-corrected chi connectivity index (χ3v) is 24.3. The summed E-state index contributed by atoms with van der Waals surface area (Å²) < 4.78 is 68.1. The van der Waals surface area contributed by atoms with Crippen LogP contribution in [0.5, 0.6) is 11.5 Å². The molecule has 6 heterocycles. The highest BCUT2D eigenvalue weighted by molar-refractivity contribution is 7.88. The Bertz CT molecular complexity index is 4910. The number of benzene rings is 6. The third kappa shape index (κ3) is 18.2. The lowest BCUT2D eigenvalue weighted by atomic mass is 9.81. The number of amides is 4. The molecule has 4 bridgehead atoms. The van der Waals surface area contributed by atoms with Crippen LogP contribution in [0.2, 0.25) is 0 Å². The van der Waals surface area contributed by atoms with E-state index in [0.29, 0.717) is 144 Å². The predicted molar refractivity (Wildman–Crippen MR) is 424 cm³/mol. The van der Waals surface area contributed by atoms with E-state index in [2.05, 4.69) is 53.5 Å². The summed E-state index contributed by atoms with van der Waals surface area (Å²) in [6, 6.07) is 38.0. The molecule has 0 spiro atoms. The van der Waals surface area contributed by atoms with Gasteiger partial charge in [0, 0.05) is 141 Å². The number of nitrogens with two attached hydrogens (primary N) is 1. The summed E-state index contributed by atoms with van der Waals surface area (Å²) in [5.41, 5.74) is 19.3. The van der Waals surface area contributed by atoms with Crippen LogP contribution in [0.4, 0.5) is 22.7 Å².